The molecule has 0 saturated heterocycles. The molecule has 10 nitrogen and oxygen atoms in total. The van der Waals surface area contributed by atoms with Crippen LogP contribution in [0.3, 0.4) is 0 Å². The van der Waals surface area contributed by atoms with E-state index in [1.165, 1.54) is 24.1 Å². The van der Waals surface area contributed by atoms with E-state index in [1.807, 2.05) is 13.8 Å². The van der Waals surface area contributed by atoms with Gasteiger partial charge >= 0.3 is 0 Å². The largest absolute Gasteiger partial charge is 0.505 e. The van der Waals surface area contributed by atoms with Crippen LogP contribution in [-0.4, -0.2) is 57.5 Å². The molecule has 5 N–H and O–H groups in total. The summed E-state index contributed by atoms with van der Waals surface area (Å²) >= 11 is 0. The topological polar surface area (TPSA) is 140 Å². The Morgan fingerprint density at radius 3 is 2.45 bits per heavy atom. The first-order chi connectivity index (χ1) is 13.6. The van der Waals surface area contributed by atoms with E-state index in [9.17, 15) is 24.6 Å². The molecule has 0 fully saturated rings. The number of hydrogen-bond donors (Lipinski definition) is 5. The van der Waals surface area contributed by atoms with Crippen molar-refractivity contribution >= 4 is 23.0 Å². The monoisotopic (exact) mass is 405 g/mol. The number of carbonyl (C=O) groups excluding carboxylic acids is 1. The summed E-state index contributed by atoms with van der Waals surface area (Å²) in [7, 11) is 4.50. The molecule has 1 aromatic heterocycles. The number of aromatic amines is 1. The summed E-state index contributed by atoms with van der Waals surface area (Å²) in [4.78, 5) is 38.7. The molecule has 1 amide bonds. The maximum Gasteiger partial charge on any atom is 0.290 e. The molecule has 158 valence electrons. The number of anilines is 3. The minimum absolute atomic E-state index is 0.0220. The highest BCUT2D eigenvalue weighted by Gasteiger charge is 2.22. The number of carbonyl (C=O) groups is 1. The Morgan fingerprint density at radius 2 is 1.90 bits per heavy atom. The van der Waals surface area contributed by atoms with E-state index in [-0.39, 0.29) is 40.9 Å². The molecule has 0 bridgehead atoms. The van der Waals surface area contributed by atoms with E-state index in [2.05, 4.69) is 15.7 Å². The second-order valence-corrected chi connectivity index (χ2v) is 7.26. The SMILES string of the molecule is CC(C)C(CO)Nc1c(Nc2cccc(C(=O)N(C)C)c2O)c(=O)[nH]n(C)c1=O. The number of hydrogen-bond acceptors (Lipinski definition) is 7. The predicted molar refractivity (Wildman–Crippen MR) is 111 cm³/mol. The zero-order valence-corrected chi connectivity index (χ0v) is 17.1. The zero-order chi connectivity index (χ0) is 21.9. The van der Waals surface area contributed by atoms with Gasteiger partial charge in [-0.25, -0.2) is 0 Å². The van der Waals surface area contributed by atoms with Crippen molar-refractivity contribution in [1.82, 2.24) is 14.7 Å². The number of H-pyrrole nitrogens is 1. The summed E-state index contributed by atoms with van der Waals surface area (Å²) in [5, 5.41) is 28.2. The quantitative estimate of drug-likeness (QED) is 0.426. The number of aliphatic hydroxyl groups is 1. The Hall–Kier alpha value is -3.27. The van der Waals surface area contributed by atoms with Gasteiger partial charge < -0.3 is 25.7 Å². The van der Waals surface area contributed by atoms with Crippen LogP contribution in [0, 0.1) is 5.92 Å². The summed E-state index contributed by atoms with van der Waals surface area (Å²) in [6.07, 6.45) is 0. The van der Waals surface area contributed by atoms with Gasteiger partial charge in [0.2, 0.25) is 0 Å². The van der Waals surface area contributed by atoms with Crippen LogP contribution in [0.25, 0.3) is 0 Å². The van der Waals surface area contributed by atoms with Crippen molar-refractivity contribution in [3.05, 3.63) is 44.5 Å². The van der Waals surface area contributed by atoms with Crippen LogP contribution >= 0.6 is 0 Å². The molecule has 0 aliphatic rings. The van der Waals surface area contributed by atoms with Crippen LogP contribution in [0.1, 0.15) is 24.2 Å². The number of aliphatic hydroxyl groups excluding tert-OH is 1. The van der Waals surface area contributed by atoms with E-state index in [0.29, 0.717) is 0 Å². The third kappa shape index (κ3) is 4.60. The summed E-state index contributed by atoms with van der Waals surface area (Å²) in [5.41, 5.74) is -1.18. The van der Waals surface area contributed by atoms with E-state index in [1.54, 1.807) is 20.2 Å². The summed E-state index contributed by atoms with van der Waals surface area (Å²) in [5.74, 6) is -0.784. The minimum Gasteiger partial charge on any atom is -0.505 e. The fourth-order valence-corrected chi connectivity index (χ4v) is 2.70. The number of rotatable bonds is 7. The maximum atomic E-state index is 12.6. The number of para-hydroxylation sites is 1. The highest BCUT2D eigenvalue weighted by atomic mass is 16.3. The molecule has 1 unspecified atom stereocenters. The molecule has 29 heavy (non-hydrogen) atoms. The van der Waals surface area contributed by atoms with Gasteiger partial charge in [-0.15, -0.1) is 0 Å². The average Bonchev–Trinajstić information content (AvgIpc) is 2.66. The molecule has 1 heterocycles. The number of phenolic OH excluding ortho intramolecular Hbond substituents is 1. The first kappa shape index (κ1) is 22.0. The van der Waals surface area contributed by atoms with Gasteiger partial charge in [-0.1, -0.05) is 19.9 Å². The number of aromatic hydroxyl groups is 1. The average molecular weight is 405 g/mol. The van der Waals surface area contributed by atoms with Crippen LogP contribution in [0.4, 0.5) is 17.1 Å². The lowest BCUT2D eigenvalue weighted by atomic mass is 10.1. The Bertz CT molecular complexity index is 1010. The van der Waals surface area contributed by atoms with Crippen molar-refractivity contribution in [2.75, 3.05) is 31.3 Å². The third-order valence-corrected chi connectivity index (χ3v) is 4.53. The fraction of sp³-hybridized carbons (Fsp3) is 0.421. The van der Waals surface area contributed by atoms with E-state index < -0.39 is 23.1 Å². The smallest absolute Gasteiger partial charge is 0.290 e. The van der Waals surface area contributed by atoms with Gasteiger partial charge in [-0.05, 0) is 18.1 Å². The third-order valence-electron chi connectivity index (χ3n) is 4.53. The molecule has 2 rings (SSSR count). The molecule has 1 atom stereocenters. The van der Waals surface area contributed by atoms with Crippen molar-refractivity contribution in [3.8, 4) is 5.75 Å². The van der Waals surface area contributed by atoms with E-state index in [0.717, 1.165) is 4.68 Å². The molecule has 0 aliphatic carbocycles. The van der Waals surface area contributed by atoms with Crippen molar-refractivity contribution in [3.63, 3.8) is 0 Å². The van der Waals surface area contributed by atoms with Crippen LogP contribution in [0.5, 0.6) is 5.75 Å². The Morgan fingerprint density at radius 1 is 1.24 bits per heavy atom. The van der Waals surface area contributed by atoms with Gasteiger partial charge in [-0.2, -0.15) is 0 Å². The number of aromatic nitrogens is 2. The zero-order valence-electron chi connectivity index (χ0n) is 17.1. The fourth-order valence-electron chi connectivity index (χ4n) is 2.70. The van der Waals surface area contributed by atoms with Gasteiger partial charge in [-0.3, -0.25) is 24.2 Å². The number of phenols is 1. The van der Waals surface area contributed by atoms with Crippen LogP contribution in [0.15, 0.2) is 27.8 Å². The van der Waals surface area contributed by atoms with Gasteiger partial charge in [0.15, 0.2) is 5.75 Å². The summed E-state index contributed by atoms with van der Waals surface area (Å²) in [6.45, 7) is 3.48. The van der Waals surface area contributed by atoms with E-state index in [4.69, 9.17) is 0 Å². The van der Waals surface area contributed by atoms with Crippen molar-refractivity contribution in [1.29, 1.82) is 0 Å². The highest BCUT2D eigenvalue weighted by Crippen LogP contribution is 2.31. The number of benzene rings is 1. The summed E-state index contributed by atoms with van der Waals surface area (Å²) < 4.78 is 1.02. The van der Waals surface area contributed by atoms with Crippen molar-refractivity contribution < 1.29 is 15.0 Å². The van der Waals surface area contributed by atoms with E-state index >= 15 is 0 Å². The molecule has 0 radical (unpaired) electrons. The molecule has 0 spiro atoms. The van der Waals surface area contributed by atoms with Crippen molar-refractivity contribution in [2.45, 2.75) is 19.9 Å². The lowest BCUT2D eigenvalue weighted by molar-refractivity contribution is 0.0824. The van der Waals surface area contributed by atoms with Gasteiger partial charge in [0.05, 0.1) is 23.9 Å². The number of aryl methyl sites for hydroxylation is 1. The lowest BCUT2D eigenvalue weighted by Crippen LogP contribution is -2.37. The molecule has 2 aromatic rings. The normalized spacial score (nSPS) is 12.0. The molecule has 10 heteroatoms. The van der Waals surface area contributed by atoms with Crippen LogP contribution in [0.2, 0.25) is 0 Å². The van der Waals surface area contributed by atoms with Gasteiger partial charge in [0.25, 0.3) is 17.0 Å². The second-order valence-electron chi connectivity index (χ2n) is 7.26. The highest BCUT2D eigenvalue weighted by molar-refractivity contribution is 5.98. The van der Waals surface area contributed by atoms with Gasteiger partial charge in [0.1, 0.15) is 11.4 Å². The number of nitrogens with zero attached hydrogens (tertiary/aromatic N) is 2. The number of amides is 1. The molecule has 0 aliphatic heterocycles. The molecular weight excluding hydrogens is 378 g/mol. The Kier molecular flexibility index (Phi) is 6.70. The lowest BCUT2D eigenvalue weighted by Gasteiger charge is -2.23. The number of nitrogens with one attached hydrogen (secondary N) is 3. The predicted octanol–water partition coefficient (Wildman–Crippen LogP) is 0.653. The first-order valence-electron chi connectivity index (χ1n) is 9.09. The van der Waals surface area contributed by atoms with Gasteiger partial charge in [0, 0.05) is 21.1 Å². The Balaban J connectivity index is 2.58. The molecule has 0 saturated carbocycles. The van der Waals surface area contributed by atoms with Crippen LogP contribution < -0.4 is 21.8 Å². The standard InChI is InChI=1S/C19H27N5O5/c1-10(2)13(9-25)21-15-14(17(27)22-24(5)19(15)29)20-12-8-6-7-11(16(12)26)18(28)23(3)4/h6-8,10,13,20-21,25-26H,9H2,1-5H3,(H,22,27). The first-order valence-corrected chi connectivity index (χ1v) is 9.09. The Labute approximate surface area is 167 Å². The van der Waals surface area contributed by atoms with Crippen LogP contribution in [-0.2, 0) is 7.05 Å². The summed E-state index contributed by atoms with van der Waals surface area (Å²) in [6, 6.07) is 4.01. The minimum atomic E-state index is -0.612. The second kappa shape index (κ2) is 8.82. The maximum absolute atomic E-state index is 12.6. The molecular formula is C19H27N5O5. The van der Waals surface area contributed by atoms with Crippen molar-refractivity contribution in [2.24, 2.45) is 13.0 Å². The molecule has 1 aromatic carbocycles.